The van der Waals surface area contributed by atoms with Crippen molar-refractivity contribution in [2.75, 3.05) is 38.8 Å². The molecule has 4 atom stereocenters. The van der Waals surface area contributed by atoms with Crippen LogP contribution in [0.25, 0.3) is 0 Å². The monoisotopic (exact) mass is 472 g/mol. The third kappa shape index (κ3) is 2.86. The van der Waals surface area contributed by atoms with Gasteiger partial charge in [-0.2, -0.15) is 0 Å². The highest BCUT2D eigenvalue weighted by atomic mass is 16.3. The molecular weight excluding hydrogens is 444 g/mol. The van der Waals surface area contributed by atoms with E-state index in [-0.39, 0.29) is 29.7 Å². The smallest absolute Gasteiger partial charge is 0.255 e. The number of fused-ring (bicyclic) bond motifs is 3. The summed E-state index contributed by atoms with van der Waals surface area (Å²) in [5.74, 6) is -6.95. The van der Waals surface area contributed by atoms with Gasteiger partial charge < -0.3 is 36.8 Å². The van der Waals surface area contributed by atoms with E-state index in [1.54, 1.807) is 39.2 Å². The molecule has 11 nitrogen and oxygen atoms in total. The van der Waals surface area contributed by atoms with Crippen molar-refractivity contribution in [3.8, 4) is 5.75 Å². The Hall–Kier alpha value is -3.57. The molecule has 0 bridgehead atoms. The zero-order chi connectivity index (χ0) is 25.4. The number of aliphatic hydroxyl groups is 3. The number of allylic oxidation sites excluding steroid dienone is 1. The van der Waals surface area contributed by atoms with Crippen LogP contribution < -0.4 is 16.4 Å². The maximum atomic E-state index is 13.6. The largest absolute Gasteiger partial charge is 0.510 e. The first kappa shape index (κ1) is 23.6. The van der Waals surface area contributed by atoms with E-state index in [0.717, 1.165) is 0 Å². The van der Waals surface area contributed by atoms with Crippen LogP contribution in [0.2, 0.25) is 0 Å². The normalized spacial score (nSPS) is 28.6. The number of nitrogen functional groups attached to an aromatic ring is 1. The number of anilines is 2. The van der Waals surface area contributed by atoms with Gasteiger partial charge in [0.25, 0.3) is 5.91 Å². The second kappa shape index (κ2) is 7.47. The molecule has 0 aromatic heterocycles. The summed E-state index contributed by atoms with van der Waals surface area (Å²) in [4.78, 5) is 42.1. The van der Waals surface area contributed by atoms with E-state index in [1.807, 2.05) is 0 Å². The summed E-state index contributed by atoms with van der Waals surface area (Å²) in [6.07, 6.45) is 0.236. The van der Waals surface area contributed by atoms with E-state index in [4.69, 9.17) is 11.5 Å². The number of nitrogens with zero attached hydrogens (tertiary/aromatic N) is 2. The maximum Gasteiger partial charge on any atom is 0.255 e. The van der Waals surface area contributed by atoms with Gasteiger partial charge in [-0.15, -0.1) is 0 Å². The lowest BCUT2D eigenvalue weighted by atomic mass is 9.58. The molecule has 0 fully saturated rings. The second-order valence-electron chi connectivity index (χ2n) is 9.54. The highest BCUT2D eigenvalue weighted by Crippen LogP contribution is 2.53. The minimum atomic E-state index is -2.66. The number of phenols is 1. The first-order valence-corrected chi connectivity index (χ1v) is 10.7. The van der Waals surface area contributed by atoms with Crippen molar-refractivity contribution in [3.63, 3.8) is 0 Å². The van der Waals surface area contributed by atoms with Gasteiger partial charge in [-0.05, 0) is 44.5 Å². The number of nitrogens with two attached hydrogens (primary N) is 2. The number of Topliss-reactive ketones (excluding diaryl/α,β-unsaturated/α-hetero) is 2. The van der Waals surface area contributed by atoms with Gasteiger partial charge in [0.2, 0.25) is 5.78 Å². The van der Waals surface area contributed by atoms with Crippen molar-refractivity contribution in [1.82, 2.24) is 4.90 Å². The molecule has 1 aromatic carbocycles. The van der Waals surface area contributed by atoms with Crippen LogP contribution in [0.3, 0.4) is 0 Å². The predicted molar refractivity (Wildman–Crippen MR) is 122 cm³/mol. The predicted octanol–water partition coefficient (Wildman–Crippen LogP) is -0.231. The fourth-order valence-corrected chi connectivity index (χ4v) is 5.72. The number of phenolic OH excluding ortho intramolecular Hbond substituents is 1. The van der Waals surface area contributed by atoms with Crippen molar-refractivity contribution in [2.24, 2.45) is 17.6 Å². The number of aromatic hydroxyl groups is 1. The lowest BCUT2D eigenvalue weighted by molar-refractivity contribution is -0.148. The molecule has 1 aromatic rings. The van der Waals surface area contributed by atoms with Gasteiger partial charge in [-0.3, -0.25) is 19.3 Å². The SMILES string of the molecule is CN(C)c1cc(N)c(O)c2c1C[C@@H]1C[C@H]3[C@@H](N(C)C)C(O)=C(C(N)=O)C(=O)[C@]3(O)C(O)=C1C2=O. The van der Waals surface area contributed by atoms with Crippen molar-refractivity contribution < 1.29 is 34.8 Å². The molecule has 0 heterocycles. The third-order valence-corrected chi connectivity index (χ3v) is 7.21. The molecule has 0 saturated carbocycles. The molecule has 3 aliphatic rings. The fourth-order valence-electron chi connectivity index (χ4n) is 5.72. The molecule has 0 saturated heterocycles. The van der Waals surface area contributed by atoms with Gasteiger partial charge in [0.1, 0.15) is 22.8 Å². The number of carbonyl (C=O) groups excluding carboxylic acids is 3. The first-order valence-electron chi connectivity index (χ1n) is 10.7. The Labute approximate surface area is 195 Å². The molecule has 182 valence electrons. The summed E-state index contributed by atoms with van der Waals surface area (Å²) in [5, 5.41) is 44.2. The summed E-state index contributed by atoms with van der Waals surface area (Å²) in [6, 6.07) is 0.522. The minimum Gasteiger partial charge on any atom is -0.510 e. The van der Waals surface area contributed by atoms with Crippen molar-refractivity contribution in [3.05, 3.63) is 39.9 Å². The molecule has 3 aliphatic carbocycles. The number of aliphatic hydroxyl groups excluding tert-OH is 2. The summed E-state index contributed by atoms with van der Waals surface area (Å²) in [6.45, 7) is 0. The first-order chi connectivity index (χ1) is 15.7. The number of hydrogen-bond acceptors (Lipinski definition) is 10. The zero-order valence-electron chi connectivity index (χ0n) is 19.3. The topological polar surface area (TPSA) is 191 Å². The molecule has 8 N–H and O–H groups in total. The van der Waals surface area contributed by atoms with Crippen molar-refractivity contribution in [2.45, 2.75) is 24.5 Å². The highest BCUT2D eigenvalue weighted by Gasteiger charge is 2.63. The van der Waals surface area contributed by atoms with Gasteiger partial charge in [0.05, 0.1) is 17.3 Å². The molecule has 0 radical (unpaired) electrons. The molecule has 0 aliphatic heterocycles. The Morgan fingerprint density at radius 3 is 2.29 bits per heavy atom. The van der Waals surface area contributed by atoms with Crippen LogP contribution in [-0.2, 0) is 16.0 Å². The molecule has 0 unspecified atom stereocenters. The molecular formula is C23H28N4O7. The van der Waals surface area contributed by atoms with Crippen LogP contribution in [-0.4, -0.2) is 82.6 Å². The average Bonchev–Trinajstić information content (AvgIpc) is 2.72. The van der Waals surface area contributed by atoms with Crippen LogP contribution in [0.15, 0.2) is 28.7 Å². The zero-order valence-corrected chi connectivity index (χ0v) is 19.3. The minimum absolute atomic E-state index is 0.0315. The Balaban J connectivity index is 2.00. The fraction of sp³-hybridized carbons (Fsp3) is 0.435. The summed E-state index contributed by atoms with van der Waals surface area (Å²) in [7, 11) is 6.68. The van der Waals surface area contributed by atoms with Crippen LogP contribution in [0.5, 0.6) is 5.75 Å². The average molecular weight is 472 g/mol. The number of primary amides is 1. The highest BCUT2D eigenvalue weighted by molar-refractivity contribution is 6.25. The van der Waals surface area contributed by atoms with Gasteiger partial charge in [0, 0.05) is 31.3 Å². The lowest BCUT2D eigenvalue weighted by Crippen LogP contribution is -2.63. The van der Waals surface area contributed by atoms with E-state index >= 15 is 0 Å². The number of ketones is 2. The van der Waals surface area contributed by atoms with Crippen molar-refractivity contribution in [1.29, 1.82) is 0 Å². The summed E-state index contributed by atoms with van der Waals surface area (Å²) in [5.41, 5.74) is 8.51. The Morgan fingerprint density at radius 2 is 1.76 bits per heavy atom. The van der Waals surface area contributed by atoms with Gasteiger partial charge in [-0.1, -0.05) is 0 Å². The van der Waals surface area contributed by atoms with E-state index in [1.165, 1.54) is 4.90 Å². The van der Waals surface area contributed by atoms with Gasteiger partial charge in [0.15, 0.2) is 11.4 Å². The van der Waals surface area contributed by atoms with Crippen LogP contribution >= 0.6 is 0 Å². The number of amides is 1. The number of benzene rings is 1. The Kier molecular flexibility index (Phi) is 5.18. The quantitative estimate of drug-likeness (QED) is 0.195. The Morgan fingerprint density at radius 1 is 1.15 bits per heavy atom. The van der Waals surface area contributed by atoms with E-state index < -0.39 is 63.8 Å². The maximum absolute atomic E-state index is 13.6. The number of carbonyl (C=O) groups is 3. The number of hydrogen-bond donors (Lipinski definition) is 6. The standard InChI is InChI=1S/C23H28N4O7/c1-26(2)12-7-11(24)17(28)14-9(12)5-8-6-10-16(27(3)4)19(30)15(22(25)33)21(32)23(10,34)20(31)13(8)18(14)29/h7-8,10,16,28,30-31,34H,5-6,24H2,1-4H3,(H2,25,33)/t8-,10+,16-,23-/m1/s1. The molecule has 0 spiro atoms. The van der Waals surface area contributed by atoms with Crippen LogP contribution in [0.1, 0.15) is 22.3 Å². The van der Waals surface area contributed by atoms with E-state index in [9.17, 15) is 34.8 Å². The lowest BCUT2D eigenvalue weighted by Gasteiger charge is -2.50. The Bertz CT molecular complexity index is 1220. The van der Waals surface area contributed by atoms with E-state index in [0.29, 0.717) is 11.3 Å². The van der Waals surface area contributed by atoms with Gasteiger partial charge >= 0.3 is 0 Å². The number of rotatable bonds is 3. The molecule has 1 amide bonds. The molecule has 34 heavy (non-hydrogen) atoms. The van der Waals surface area contributed by atoms with E-state index in [2.05, 4.69) is 0 Å². The van der Waals surface area contributed by atoms with Crippen LogP contribution in [0.4, 0.5) is 11.4 Å². The number of likely N-dealkylation sites (N-methyl/N-ethyl adjacent to an activating group) is 1. The van der Waals surface area contributed by atoms with Gasteiger partial charge in [-0.25, -0.2) is 0 Å². The molecule has 4 rings (SSSR count). The second-order valence-corrected chi connectivity index (χ2v) is 9.54. The van der Waals surface area contributed by atoms with Crippen LogP contribution in [0, 0.1) is 11.8 Å². The van der Waals surface area contributed by atoms with Crippen molar-refractivity contribution >= 4 is 28.8 Å². The summed E-state index contributed by atoms with van der Waals surface area (Å²) >= 11 is 0. The molecule has 11 heteroatoms. The third-order valence-electron chi connectivity index (χ3n) is 7.21. The summed E-state index contributed by atoms with van der Waals surface area (Å²) < 4.78 is 0.